The molecule has 0 atom stereocenters. The van der Waals surface area contributed by atoms with Gasteiger partial charge in [-0.25, -0.2) is 9.59 Å². The number of ether oxygens (including phenoxy) is 4. The molecule has 4 aromatic carbocycles. The van der Waals surface area contributed by atoms with Crippen LogP contribution in [0.1, 0.15) is 47.2 Å². The molecule has 0 saturated heterocycles. The first-order chi connectivity index (χ1) is 21.6. The van der Waals surface area contributed by atoms with Crippen molar-refractivity contribution in [3.8, 4) is 22.6 Å². The molecule has 5 rings (SSSR count). The van der Waals surface area contributed by atoms with Crippen LogP contribution in [0.4, 0.5) is 0 Å². The number of esters is 2. The monoisotopic (exact) mass is 602 g/mol. The van der Waals surface area contributed by atoms with Crippen LogP contribution in [0, 0.1) is 13.8 Å². The summed E-state index contributed by atoms with van der Waals surface area (Å²) in [5.74, 6) is 0.544. The zero-order chi connectivity index (χ0) is 32.1. The van der Waals surface area contributed by atoms with Gasteiger partial charge in [-0.2, -0.15) is 0 Å². The fourth-order valence-electron chi connectivity index (χ4n) is 6.09. The molecule has 4 aromatic rings. The Morgan fingerprint density at radius 3 is 1.36 bits per heavy atom. The molecule has 0 aromatic heterocycles. The average Bonchev–Trinajstić information content (AvgIpc) is 3.32. The number of carbonyl (C=O) groups is 2. The quantitative estimate of drug-likeness (QED) is 0.0830. The van der Waals surface area contributed by atoms with Crippen molar-refractivity contribution in [3.05, 3.63) is 143 Å². The van der Waals surface area contributed by atoms with Crippen molar-refractivity contribution in [2.75, 3.05) is 26.4 Å². The first kappa shape index (κ1) is 31.3. The lowest BCUT2D eigenvalue weighted by molar-refractivity contribution is -0.140. The Bertz CT molecular complexity index is 1650. The van der Waals surface area contributed by atoms with Gasteiger partial charge in [-0.3, -0.25) is 0 Å². The standard InChI is InChI=1S/C39H38O6/c1-25(2)37(40)44-21-19-42-29-15-17-33(27(5)23-29)39(35-13-9-7-11-31(35)32-12-8-10-14-36(32)39)34-18-16-30(24-28(34)6)43-20-22-45-38(41)26(3)4/h7-18,23-24H,1,3,19-22H2,2,4-6H3. The molecule has 0 amide bonds. The number of fused-ring (bicyclic) bond motifs is 3. The molecule has 1 aliphatic rings. The summed E-state index contributed by atoms with van der Waals surface area (Å²) in [5.41, 5.74) is 9.36. The minimum absolute atomic E-state index is 0.140. The predicted octanol–water partition coefficient (Wildman–Crippen LogP) is 7.66. The molecule has 0 N–H and O–H groups in total. The van der Waals surface area contributed by atoms with E-state index in [2.05, 4.69) is 87.7 Å². The van der Waals surface area contributed by atoms with Crippen molar-refractivity contribution in [2.24, 2.45) is 0 Å². The first-order valence-electron chi connectivity index (χ1n) is 15.0. The number of rotatable bonds is 12. The van der Waals surface area contributed by atoms with E-state index in [9.17, 15) is 9.59 Å². The minimum Gasteiger partial charge on any atom is -0.490 e. The molecule has 0 spiro atoms. The van der Waals surface area contributed by atoms with E-state index in [1.54, 1.807) is 13.8 Å². The van der Waals surface area contributed by atoms with Crippen LogP contribution in [0.2, 0.25) is 0 Å². The molecule has 0 unspecified atom stereocenters. The smallest absolute Gasteiger partial charge is 0.333 e. The molecule has 45 heavy (non-hydrogen) atoms. The van der Waals surface area contributed by atoms with Crippen molar-refractivity contribution in [1.82, 2.24) is 0 Å². The first-order valence-corrected chi connectivity index (χ1v) is 15.0. The summed E-state index contributed by atoms with van der Waals surface area (Å²) in [6.07, 6.45) is 0. The molecular weight excluding hydrogens is 564 g/mol. The van der Waals surface area contributed by atoms with Crippen LogP contribution in [0.5, 0.6) is 11.5 Å². The lowest BCUT2D eigenvalue weighted by Gasteiger charge is -2.36. The van der Waals surface area contributed by atoms with Gasteiger partial charge in [0.2, 0.25) is 0 Å². The van der Waals surface area contributed by atoms with Crippen LogP contribution < -0.4 is 9.47 Å². The van der Waals surface area contributed by atoms with E-state index in [4.69, 9.17) is 18.9 Å². The van der Waals surface area contributed by atoms with Crippen LogP contribution in [0.3, 0.4) is 0 Å². The van der Waals surface area contributed by atoms with E-state index in [1.807, 2.05) is 24.3 Å². The fourth-order valence-corrected chi connectivity index (χ4v) is 6.09. The molecule has 0 radical (unpaired) electrons. The third-order valence-electron chi connectivity index (χ3n) is 8.02. The van der Waals surface area contributed by atoms with Gasteiger partial charge in [0.25, 0.3) is 0 Å². The van der Waals surface area contributed by atoms with E-state index in [0.29, 0.717) is 22.6 Å². The SMILES string of the molecule is C=C(C)C(=O)OCCOc1ccc(C2(c3ccc(OCCOC(=O)C(=C)C)cc3C)c3ccccc3-c3ccccc32)c(C)c1. The fraction of sp³-hybridized carbons (Fsp3) is 0.231. The zero-order valence-electron chi connectivity index (χ0n) is 26.3. The van der Waals surface area contributed by atoms with Crippen LogP contribution in [-0.4, -0.2) is 38.4 Å². The molecule has 0 saturated carbocycles. The maximum absolute atomic E-state index is 11.7. The van der Waals surface area contributed by atoms with Crippen LogP contribution in [0.15, 0.2) is 109 Å². The van der Waals surface area contributed by atoms with Gasteiger partial charge in [0, 0.05) is 11.1 Å². The lowest BCUT2D eigenvalue weighted by Crippen LogP contribution is -2.30. The minimum atomic E-state index is -0.591. The van der Waals surface area contributed by atoms with Crippen molar-refractivity contribution in [1.29, 1.82) is 0 Å². The molecule has 0 heterocycles. The molecule has 230 valence electrons. The van der Waals surface area contributed by atoms with Crippen molar-refractivity contribution < 1.29 is 28.5 Å². The van der Waals surface area contributed by atoms with Crippen molar-refractivity contribution in [2.45, 2.75) is 33.1 Å². The predicted molar refractivity (Wildman–Crippen MR) is 176 cm³/mol. The maximum Gasteiger partial charge on any atom is 0.333 e. The number of hydrogen-bond acceptors (Lipinski definition) is 6. The van der Waals surface area contributed by atoms with Gasteiger partial charge < -0.3 is 18.9 Å². The Hall–Kier alpha value is -5.10. The Balaban J connectivity index is 1.52. The van der Waals surface area contributed by atoms with Gasteiger partial charge in [0.05, 0.1) is 5.41 Å². The summed E-state index contributed by atoms with van der Waals surface area (Å²) in [6.45, 7) is 15.4. The topological polar surface area (TPSA) is 71.1 Å². The summed E-state index contributed by atoms with van der Waals surface area (Å²) in [7, 11) is 0. The molecule has 6 heteroatoms. The Kier molecular flexibility index (Phi) is 9.24. The highest BCUT2D eigenvalue weighted by Gasteiger charge is 2.47. The third kappa shape index (κ3) is 6.14. The van der Waals surface area contributed by atoms with E-state index >= 15 is 0 Å². The van der Waals surface area contributed by atoms with E-state index in [-0.39, 0.29) is 26.4 Å². The van der Waals surface area contributed by atoms with Crippen LogP contribution in [0.25, 0.3) is 11.1 Å². The molecule has 1 aliphatic carbocycles. The number of hydrogen-bond donors (Lipinski definition) is 0. The Labute approximate surface area is 264 Å². The molecule has 0 bridgehead atoms. The largest absolute Gasteiger partial charge is 0.490 e. The number of aryl methyl sites for hydroxylation is 2. The maximum atomic E-state index is 11.7. The number of benzene rings is 4. The van der Waals surface area contributed by atoms with Gasteiger partial charge in [-0.1, -0.05) is 73.8 Å². The van der Waals surface area contributed by atoms with Crippen LogP contribution >= 0.6 is 0 Å². The van der Waals surface area contributed by atoms with Gasteiger partial charge in [-0.15, -0.1) is 0 Å². The highest BCUT2D eigenvalue weighted by atomic mass is 16.6. The van der Waals surface area contributed by atoms with E-state index < -0.39 is 17.4 Å². The summed E-state index contributed by atoms with van der Waals surface area (Å²) in [5, 5.41) is 0. The zero-order valence-corrected chi connectivity index (χ0v) is 26.3. The van der Waals surface area contributed by atoms with Crippen molar-refractivity contribution >= 4 is 11.9 Å². The van der Waals surface area contributed by atoms with E-state index in [0.717, 1.165) is 22.3 Å². The van der Waals surface area contributed by atoms with Gasteiger partial charge in [0.1, 0.15) is 37.9 Å². The molecule has 0 fully saturated rings. The second kappa shape index (κ2) is 13.3. The second-order valence-corrected chi connectivity index (χ2v) is 11.3. The summed E-state index contributed by atoms with van der Waals surface area (Å²) in [4.78, 5) is 23.5. The normalized spacial score (nSPS) is 12.4. The average molecular weight is 603 g/mol. The molecular formula is C39H38O6. The second-order valence-electron chi connectivity index (χ2n) is 11.3. The Morgan fingerprint density at radius 1 is 0.578 bits per heavy atom. The Morgan fingerprint density at radius 2 is 0.978 bits per heavy atom. The number of carbonyl (C=O) groups excluding carboxylic acids is 2. The third-order valence-corrected chi connectivity index (χ3v) is 8.02. The van der Waals surface area contributed by atoms with Crippen molar-refractivity contribution in [3.63, 3.8) is 0 Å². The van der Waals surface area contributed by atoms with Gasteiger partial charge in [-0.05, 0) is 96.5 Å². The van der Waals surface area contributed by atoms with Crippen LogP contribution in [-0.2, 0) is 24.5 Å². The van der Waals surface area contributed by atoms with Gasteiger partial charge in [0.15, 0.2) is 0 Å². The summed E-state index contributed by atoms with van der Waals surface area (Å²) >= 11 is 0. The lowest BCUT2D eigenvalue weighted by atomic mass is 9.65. The molecule has 6 nitrogen and oxygen atoms in total. The summed E-state index contributed by atoms with van der Waals surface area (Å²) < 4.78 is 22.3. The van der Waals surface area contributed by atoms with Gasteiger partial charge >= 0.3 is 11.9 Å². The van der Waals surface area contributed by atoms with E-state index in [1.165, 1.54) is 22.3 Å². The highest BCUT2D eigenvalue weighted by Crippen LogP contribution is 2.57. The molecule has 0 aliphatic heterocycles. The highest BCUT2D eigenvalue weighted by molar-refractivity contribution is 5.88. The summed E-state index contributed by atoms with van der Waals surface area (Å²) in [6, 6.07) is 29.5.